The molecule has 3 nitrogen and oxygen atoms in total. The number of alkyl halides is 3. The zero-order chi connectivity index (χ0) is 13.1. The Bertz CT molecular complexity index is 479. The Morgan fingerprint density at radius 3 is 2.65 bits per heavy atom. The van der Waals surface area contributed by atoms with Gasteiger partial charge in [0.05, 0.1) is 22.3 Å². The van der Waals surface area contributed by atoms with Crippen LogP contribution in [-0.2, 0) is 11.0 Å². The topological polar surface area (TPSA) is 52.9 Å². The summed E-state index contributed by atoms with van der Waals surface area (Å²) in [4.78, 5) is 11.1. The monoisotopic (exact) mass is 262 g/mol. The van der Waals surface area contributed by atoms with Crippen molar-refractivity contribution < 1.29 is 18.0 Å². The van der Waals surface area contributed by atoms with Gasteiger partial charge in [-0.25, -0.2) is 0 Å². The second-order valence-corrected chi connectivity index (χ2v) is 3.45. The number of nitrogens with one attached hydrogen (secondary N) is 1. The molecule has 0 saturated carbocycles. The van der Waals surface area contributed by atoms with E-state index in [9.17, 15) is 18.0 Å². The van der Waals surface area contributed by atoms with Crippen molar-refractivity contribution in [2.75, 3.05) is 5.32 Å². The third kappa shape index (κ3) is 3.36. The molecule has 0 spiro atoms. The highest BCUT2D eigenvalue weighted by atomic mass is 35.5. The van der Waals surface area contributed by atoms with Gasteiger partial charge in [0, 0.05) is 0 Å². The van der Waals surface area contributed by atoms with E-state index in [4.69, 9.17) is 16.9 Å². The van der Waals surface area contributed by atoms with Crippen molar-refractivity contribution in [2.24, 2.45) is 0 Å². The second-order valence-electron chi connectivity index (χ2n) is 3.04. The van der Waals surface area contributed by atoms with Gasteiger partial charge in [-0.05, 0) is 12.1 Å². The molecule has 1 aromatic carbocycles. The van der Waals surface area contributed by atoms with Gasteiger partial charge in [-0.3, -0.25) is 4.79 Å². The lowest BCUT2D eigenvalue weighted by molar-refractivity contribution is -0.137. The maximum Gasteiger partial charge on any atom is 0.418 e. The van der Waals surface area contributed by atoms with Crippen LogP contribution in [0.5, 0.6) is 0 Å². The Morgan fingerprint density at radius 2 is 2.12 bits per heavy atom. The van der Waals surface area contributed by atoms with Crippen molar-refractivity contribution in [1.82, 2.24) is 0 Å². The fraction of sp³-hybridized carbons (Fsp3) is 0.200. The summed E-state index contributed by atoms with van der Waals surface area (Å²) in [6.07, 6.45) is -5.16. The average Bonchev–Trinajstić information content (AvgIpc) is 2.19. The number of carbonyl (C=O) groups excluding carboxylic acids is 1. The van der Waals surface area contributed by atoms with Crippen LogP contribution < -0.4 is 5.32 Å². The normalized spacial score (nSPS) is 10.8. The summed E-state index contributed by atoms with van der Waals surface area (Å²) in [5.74, 6) is -0.842. The van der Waals surface area contributed by atoms with Crippen LogP contribution in [0, 0.1) is 11.3 Å². The highest BCUT2D eigenvalue weighted by Gasteiger charge is 2.34. The molecule has 1 aromatic rings. The van der Waals surface area contributed by atoms with E-state index in [0.717, 1.165) is 12.1 Å². The van der Waals surface area contributed by atoms with E-state index in [1.165, 1.54) is 12.1 Å². The molecule has 0 fully saturated rings. The highest BCUT2D eigenvalue weighted by molar-refractivity contribution is 6.34. The molecule has 0 atom stereocenters. The van der Waals surface area contributed by atoms with Crippen LogP contribution in [0.25, 0.3) is 0 Å². The first-order chi connectivity index (χ1) is 7.86. The van der Waals surface area contributed by atoms with Crippen LogP contribution in [-0.4, -0.2) is 5.91 Å². The summed E-state index contributed by atoms with van der Waals surface area (Å²) >= 11 is 5.58. The Kier molecular flexibility index (Phi) is 3.97. The van der Waals surface area contributed by atoms with Gasteiger partial charge >= 0.3 is 6.18 Å². The molecule has 0 unspecified atom stereocenters. The van der Waals surface area contributed by atoms with Gasteiger partial charge in [0.2, 0.25) is 5.91 Å². The largest absolute Gasteiger partial charge is 0.418 e. The minimum absolute atomic E-state index is 0.230. The molecule has 0 aliphatic carbocycles. The van der Waals surface area contributed by atoms with E-state index in [2.05, 4.69) is 0 Å². The number of anilines is 1. The van der Waals surface area contributed by atoms with Gasteiger partial charge in [-0.15, -0.1) is 0 Å². The van der Waals surface area contributed by atoms with Crippen molar-refractivity contribution >= 4 is 23.2 Å². The smallest absolute Gasteiger partial charge is 0.323 e. The summed E-state index contributed by atoms with van der Waals surface area (Å²) in [6.45, 7) is 0. The zero-order valence-corrected chi connectivity index (χ0v) is 9.06. The third-order valence-electron chi connectivity index (χ3n) is 1.82. The number of nitriles is 1. The molecular formula is C10H6ClF3N2O. The Morgan fingerprint density at radius 1 is 1.47 bits per heavy atom. The van der Waals surface area contributed by atoms with Crippen molar-refractivity contribution in [3.05, 3.63) is 28.8 Å². The van der Waals surface area contributed by atoms with Crippen molar-refractivity contribution in [3.8, 4) is 6.07 Å². The Labute approximate surface area is 99.8 Å². The fourth-order valence-corrected chi connectivity index (χ4v) is 1.36. The lowest BCUT2D eigenvalue weighted by atomic mass is 10.1. The molecule has 90 valence electrons. The quantitative estimate of drug-likeness (QED) is 0.890. The number of halogens is 4. The minimum Gasteiger partial charge on any atom is -0.323 e. The number of para-hydroxylation sites is 1. The molecule has 0 aliphatic rings. The standard InChI is InChI=1S/C10H6ClF3N2O/c11-7-3-1-2-6(10(12,13)14)9(7)16-8(17)4-5-15/h1-3H,4H2,(H,16,17). The molecule has 7 heteroatoms. The molecule has 0 bridgehead atoms. The van der Waals surface area contributed by atoms with Gasteiger partial charge in [0.15, 0.2) is 0 Å². The van der Waals surface area contributed by atoms with Crippen LogP contribution in [0.15, 0.2) is 18.2 Å². The van der Waals surface area contributed by atoms with E-state index >= 15 is 0 Å². The predicted molar refractivity (Wildman–Crippen MR) is 55.3 cm³/mol. The van der Waals surface area contributed by atoms with Gasteiger partial charge < -0.3 is 5.32 Å². The molecule has 1 rings (SSSR count). The second kappa shape index (κ2) is 5.06. The Hall–Kier alpha value is -1.74. The van der Waals surface area contributed by atoms with E-state index < -0.39 is 29.8 Å². The molecular weight excluding hydrogens is 257 g/mol. The van der Waals surface area contributed by atoms with Crippen molar-refractivity contribution in [3.63, 3.8) is 0 Å². The highest BCUT2D eigenvalue weighted by Crippen LogP contribution is 2.38. The maximum absolute atomic E-state index is 12.6. The lowest BCUT2D eigenvalue weighted by Crippen LogP contribution is -2.16. The first kappa shape index (κ1) is 13.3. The lowest BCUT2D eigenvalue weighted by Gasteiger charge is -2.14. The van der Waals surface area contributed by atoms with Gasteiger partial charge in [-0.1, -0.05) is 17.7 Å². The molecule has 0 saturated heterocycles. The number of rotatable bonds is 2. The SMILES string of the molecule is N#CCC(=O)Nc1c(Cl)cccc1C(F)(F)F. The number of amides is 1. The van der Waals surface area contributed by atoms with Gasteiger partial charge in [0.25, 0.3) is 0 Å². The number of hydrogen-bond acceptors (Lipinski definition) is 2. The van der Waals surface area contributed by atoms with Gasteiger partial charge in [-0.2, -0.15) is 18.4 Å². The molecule has 0 aromatic heterocycles. The summed E-state index contributed by atoms with van der Waals surface area (Å²) in [6, 6.07) is 4.68. The maximum atomic E-state index is 12.6. The first-order valence-corrected chi connectivity index (χ1v) is 4.76. The van der Waals surface area contributed by atoms with E-state index in [0.29, 0.717) is 0 Å². The van der Waals surface area contributed by atoms with E-state index in [-0.39, 0.29) is 5.02 Å². The van der Waals surface area contributed by atoms with Crippen LogP contribution in [0.3, 0.4) is 0 Å². The number of hydrogen-bond donors (Lipinski definition) is 1. The average molecular weight is 263 g/mol. The fourth-order valence-electron chi connectivity index (χ4n) is 1.14. The van der Waals surface area contributed by atoms with Crippen LogP contribution in [0.1, 0.15) is 12.0 Å². The van der Waals surface area contributed by atoms with Crippen LogP contribution in [0.2, 0.25) is 5.02 Å². The number of benzene rings is 1. The molecule has 0 heterocycles. The summed E-state index contributed by atoms with van der Waals surface area (Å²) < 4.78 is 37.8. The summed E-state index contributed by atoms with van der Waals surface area (Å²) in [7, 11) is 0. The molecule has 1 N–H and O–H groups in total. The predicted octanol–water partition coefficient (Wildman–Crippen LogP) is 3.21. The van der Waals surface area contributed by atoms with Gasteiger partial charge in [0.1, 0.15) is 6.42 Å². The molecule has 0 radical (unpaired) electrons. The number of nitrogens with zero attached hydrogens (tertiary/aromatic N) is 1. The summed E-state index contributed by atoms with van der Waals surface area (Å²) in [5.41, 5.74) is -1.57. The first-order valence-electron chi connectivity index (χ1n) is 4.38. The van der Waals surface area contributed by atoms with E-state index in [1.807, 2.05) is 5.32 Å². The Balaban J connectivity index is 3.14. The van der Waals surface area contributed by atoms with Crippen LogP contribution >= 0.6 is 11.6 Å². The van der Waals surface area contributed by atoms with Crippen molar-refractivity contribution in [2.45, 2.75) is 12.6 Å². The minimum atomic E-state index is -4.62. The third-order valence-corrected chi connectivity index (χ3v) is 2.14. The summed E-state index contributed by atoms with van der Waals surface area (Å²) in [5, 5.41) is 9.99. The molecule has 17 heavy (non-hydrogen) atoms. The van der Waals surface area contributed by atoms with Crippen LogP contribution in [0.4, 0.5) is 18.9 Å². The zero-order valence-electron chi connectivity index (χ0n) is 8.31. The molecule has 1 amide bonds. The van der Waals surface area contributed by atoms with Crippen molar-refractivity contribution in [1.29, 1.82) is 5.26 Å². The van der Waals surface area contributed by atoms with E-state index in [1.54, 1.807) is 0 Å². The molecule has 0 aliphatic heterocycles. The number of carbonyl (C=O) groups is 1.